The molecule has 2 rings (SSSR count). The molecule has 2 aromatic rings. The lowest BCUT2D eigenvalue weighted by atomic mass is 10.4. The lowest BCUT2D eigenvalue weighted by molar-refractivity contribution is 0.580. The van der Waals surface area contributed by atoms with Gasteiger partial charge in [-0.3, -0.25) is 4.79 Å². The zero-order chi connectivity index (χ0) is 14.8. The molecule has 0 saturated heterocycles. The maximum Gasteiger partial charge on any atom is 0.276 e. The number of hydrogen-bond acceptors (Lipinski definition) is 5. The van der Waals surface area contributed by atoms with E-state index in [1.54, 1.807) is 27.5 Å². The SMILES string of the molecule is Cc1cc2c(=O)n(CCNCCS(C)(=O)=O)ccn2n1. The third-order valence-electron chi connectivity index (χ3n) is 2.90. The van der Waals surface area contributed by atoms with Gasteiger partial charge < -0.3 is 9.88 Å². The fourth-order valence-corrected chi connectivity index (χ4v) is 2.42. The number of nitrogens with zero attached hydrogens (tertiary/aromatic N) is 3. The van der Waals surface area contributed by atoms with Gasteiger partial charge in [-0.1, -0.05) is 0 Å². The summed E-state index contributed by atoms with van der Waals surface area (Å²) < 4.78 is 25.1. The quantitative estimate of drug-likeness (QED) is 0.723. The summed E-state index contributed by atoms with van der Waals surface area (Å²) in [5.74, 6) is 0.1000. The van der Waals surface area contributed by atoms with E-state index in [0.29, 0.717) is 25.2 Å². The highest BCUT2D eigenvalue weighted by molar-refractivity contribution is 7.90. The monoisotopic (exact) mass is 298 g/mol. The van der Waals surface area contributed by atoms with Crippen LogP contribution in [0.25, 0.3) is 5.52 Å². The molecule has 0 amide bonds. The Morgan fingerprint density at radius 1 is 1.30 bits per heavy atom. The molecule has 110 valence electrons. The minimum Gasteiger partial charge on any atom is -0.314 e. The topological polar surface area (TPSA) is 85.5 Å². The first-order chi connectivity index (χ1) is 9.37. The molecule has 20 heavy (non-hydrogen) atoms. The summed E-state index contributed by atoms with van der Waals surface area (Å²) in [4.78, 5) is 12.1. The fraction of sp³-hybridized carbons (Fsp3) is 0.500. The van der Waals surface area contributed by atoms with E-state index in [1.807, 2.05) is 6.92 Å². The standard InChI is InChI=1S/C12H18N4O3S/c1-10-9-11-12(17)15(6-7-16(11)14-10)5-3-13-4-8-20(2,18)19/h6-7,9,13H,3-5,8H2,1-2H3. The zero-order valence-corrected chi connectivity index (χ0v) is 12.4. The molecule has 0 aromatic carbocycles. The van der Waals surface area contributed by atoms with E-state index in [9.17, 15) is 13.2 Å². The first-order valence-electron chi connectivity index (χ1n) is 6.31. The van der Waals surface area contributed by atoms with E-state index in [4.69, 9.17) is 0 Å². The normalized spacial score (nSPS) is 12.1. The Labute approximate surface area is 117 Å². The number of aromatic nitrogens is 3. The molecule has 0 radical (unpaired) electrons. The molecule has 0 aliphatic carbocycles. The molecule has 0 spiro atoms. The van der Waals surface area contributed by atoms with E-state index in [-0.39, 0.29) is 11.3 Å². The number of aryl methyl sites for hydroxylation is 1. The average Bonchev–Trinajstić information content (AvgIpc) is 2.72. The van der Waals surface area contributed by atoms with Crippen molar-refractivity contribution in [3.8, 4) is 0 Å². The fourth-order valence-electron chi connectivity index (χ4n) is 1.91. The van der Waals surface area contributed by atoms with Crippen LogP contribution in [0.5, 0.6) is 0 Å². The first kappa shape index (κ1) is 14.7. The van der Waals surface area contributed by atoms with E-state index in [2.05, 4.69) is 10.4 Å². The second-order valence-electron chi connectivity index (χ2n) is 4.79. The molecule has 0 aliphatic heterocycles. The number of sulfone groups is 1. The Hall–Kier alpha value is -1.67. The lowest BCUT2D eigenvalue weighted by Crippen LogP contribution is -2.30. The molecule has 0 fully saturated rings. The van der Waals surface area contributed by atoms with E-state index in [1.165, 1.54) is 6.26 Å². The highest BCUT2D eigenvalue weighted by Gasteiger charge is 2.05. The number of rotatable bonds is 6. The molecular formula is C12H18N4O3S. The van der Waals surface area contributed by atoms with Crippen LogP contribution in [0.1, 0.15) is 5.69 Å². The molecule has 2 heterocycles. The van der Waals surface area contributed by atoms with Gasteiger partial charge in [-0.15, -0.1) is 0 Å². The molecule has 7 nitrogen and oxygen atoms in total. The van der Waals surface area contributed by atoms with Crippen LogP contribution >= 0.6 is 0 Å². The van der Waals surface area contributed by atoms with Crippen LogP contribution in [-0.4, -0.2) is 47.7 Å². The Morgan fingerprint density at radius 3 is 2.75 bits per heavy atom. The molecule has 0 unspecified atom stereocenters. The summed E-state index contributed by atoms with van der Waals surface area (Å²) in [7, 11) is -2.95. The van der Waals surface area contributed by atoms with Crippen LogP contribution in [0.3, 0.4) is 0 Å². The van der Waals surface area contributed by atoms with Gasteiger partial charge in [0.15, 0.2) is 0 Å². The molecule has 0 bridgehead atoms. The van der Waals surface area contributed by atoms with Crippen molar-refractivity contribution in [3.63, 3.8) is 0 Å². The van der Waals surface area contributed by atoms with Crippen molar-refractivity contribution in [1.82, 2.24) is 19.5 Å². The van der Waals surface area contributed by atoms with Gasteiger partial charge in [-0.05, 0) is 13.0 Å². The summed E-state index contributed by atoms with van der Waals surface area (Å²) in [6, 6.07) is 1.75. The van der Waals surface area contributed by atoms with Gasteiger partial charge in [0.1, 0.15) is 15.4 Å². The van der Waals surface area contributed by atoms with Crippen molar-refractivity contribution in [2.24, 2.45) is 0 Å². The second kappa shape index (κ2) is 5.76. The van der Waals surface area contributed by atoms with Crippen molar-refractivity contribution in [3.05, 3.63) is 34.5 Å². The molecular weight excluding hydrogens is 280 g/mol. The van der Waals surface area contributed by atoms with Gasteiger partial charge >= 0.3 is 0 Å². The van der Waals surface area contributed by atoms with Crippen molar-refractivity contribution in [2.45, 2.75) is 13.5 Å². The third kappa shape index (κ3) is 3.67. The van der Waals surface area contributed by atoms with Crippen molar-refractivity contribution < 1.29 is 8.42 Å². The predicted molar refractivity (Wildman–Crippen MR) is 76.8 cm³/mol. The molecule has 0 atom stereocenters. The van der Waals surface area contributed by atoms with Gasteiger partial charge in [0.25, 0.3) is 5.56 Å². The Bertz CT molecular complexity index is 761. The van der Waals surface area contributed by atoms with Crippen LogP contribution in [0.4, 0.5) is 0 Å². The van der Waals surface area contributed by atoms with Crippen molar-refractivity contribution in [2.75, 3.05) is 25.1 Å². The van der Waals surface area contributed by atoms with Gasteiger partial charge in [-0.25, -0.2) is 12.9 Å². The average molecular weight is 298 g/mol. The van der Waals surface area contributed by atoms with Crippen molar-refractivity contribution in [1.29, 1.82) is 0 Å². The Morgan fingerprint density at radius 2 is 2.05 bits per heavy atom. The Kier molecular flexibility index (Phi) is 4.24. The van der Waals surface area contributed by atoms with E-state index in [0.717, 1.165) is 5.69 Å². The van der Waals surface area contributed by atoms with Crippen LogP contribution < -0.4 is 10.9 Å². The van der Waals surface area contributed by atoms with E-state index < -0.39 is 9.84 Å². The van der Waals surface area contributed by atoms with Crippen LogP contribution in [-0.2, 0) is 16.4 Å². The largest absolute Gasteiger partial charge is 0.314 e. The molecule has 2 aromatic heterocycles. The van der Waals surface area contributed by atoms with Gasteiger partial charge in [0, 0.05) is 38.3 Å². The molecule has 0 aliphatic rings. The maximum absolute atomic E-state index is 12.1. The molecule has 8 heteroatoms. The Balaban J connectivity index is 1.97. The van der Waals surface area contributed by atoms with Crippen LogP contribution in [0.2, 0.25) is 0 Å². The summed E-state index contributed by atoms with van der Waals surface area (Å²) in [6.07, 6.45) is 4.62. The summed E-state index contributed by atoms with van der Waals surface area (Å²) in [5, 5.41) is 7.18. The summed E-state index contributed by atoms with van der Waals surface area (Å²) in [6.45, 7) is 3.26. The zero-order valence-electron chi connectivity index (χ0n) is 11.5. The van der Waals surface area contributed by atoms with Gasteiger partial charge in [-0.2, -0.15) is 5.10 Å². The summed E-state index contributed by atoms with van der Waals surface area (Å²) in [5.41, 5.74) is 1.24. The highest BCUT2D eigenvalue weighted by Crippen LogP contribution is 1.99. The van der Waals surface area contributed by atoms with Gasteiger partial charge in [0.05, 0.1) is 11.4 Å². The smallest absolute Gasteiger partial charge is 0.276 e. The predicted octanol–water partition coefficient (Wildman–Crippen LogP) is -0.561. The van der Waals surface area contributed by atoms with E-state index >= 15 is 0 Å². The molecule has 0 saturated carbocycles. The third-order valence-corrected chi connectivity index (χ3v) is 3.85. The maximum atomic E-state index is 12.1. The summed E-state index contributed by atoms with van der Waals surface area (Å²) >= 11 is 0. The van der Waals surface area contributed by atoms with Crippen LogP contribution in [0.15, 0.2) is 23.3 Å². The van der Waals surface area contributed by atoms with Crippen LogP contribution in [0, 0.1) is 6.92 Å². The lowest BCUT2D eigenvalue weighted by Gasteiger charge is -2.07. The number of fused-ring (bicyclic) bond motifs is 1. The minimum atomic E-state index is -2.95. The highest BCUT2D eigenvalue weighted by atomic mass is 32.2. The number of nitrogens with one attached hydrogen (secondary N) is 1. The second-order valence-corrected chi connectivity index (χ2v) is 7.05. The number of hydrogen-bond donors (Lipinski definition) is 1. The molecule has 1 N–H and O–H groups in total. The minimum absolute atomic E-state index is 0.0991. The first-order valence-corrected chi connectivity index (χ1v) is 8.37. The van der Waals surface area contributed by atoms with Gasteiger partial charge in [0.2, 0.25) is 0 Å². The van der Waals surface area contributed by atoms with Crippen molar-refractivity contribution >= 4 is 15.4 Å².